The molecule has 0 saturated heterocycles. The van der Waals surface area contributed by atoms with E-state index in [1.165, 1.54) is 44.9 Å². The molecular weight excluding hydrogens is 397 g/mol. The van der Waals surface area contributed by atoms with Crippen molar-refractivity contribution in [2.45, 2.75) is 96.1 Å². The van der Waals surface area contributed by atoms with Crippen LogP contribution in [0.15, 0.2) is 0 Å². The maximum Gasteiger partial charge on any atom is 0.463 e. The van der Waals surface area contributed by atoms with Crippen molar-refractivity contribution in [1.82, 2.24) is 4.90 Å². The van der Waals surface area contributed by atoms with E-state index in [0.29, 0.717) is 13.5 Å². The van der Waals surface area contributed by atoms with E-state index in [9.17, 15) is 31.5 Å². The summed E-state index contributed by atoms with van der Waals surface area (Å²) in [6, 6.07) is 0. The molecule has 0 atom stereocenters. The summed E-state index contributed by atoms with van der Waals surface area (Å²) in [6.45, 7) is 1.29. The van der Waals surface area contributed by atoms with Crippen molar-refractivity contribution in [2.75, 3.05) is 20.2 Å². The van der Waals surface area contributed by atoms with E-state index in [1.807, 2.05) is 0 Å². The highest BCUT2D eigenvalue weighted by Crippen LogP contribution is 2.36. The third-order valence-corrected chi connectivity index (χ3v) is 4.60. The Morgan fingerprint density at radius 3 is 1.59 bits per heavy atom. The maximum atomic E-state index is 12.9. The van der Waals surface area contributed by atoms with Crippen LogP contribution >= 0.6 is 0 Å². The predicted octanol–water partition coefficient (Wildman–Crippen LogP) is 5.89. The van der Waals surface area contributed by atoms with Crippen LogP contribution in [0, 0.1) is 0 Å². The minimum atomic E-state index is -6.00. The average Bonchev–Trinajstić information content (AvgIpc) is 2.63. The fourth-order valence-electron chi connectivity index (χ4n) is 2.80. The number of hydrogen-bond donors (Lipinski definition) is 0. The fraction of sp³-hybridized carbons (Fsp3) is 0.900. The molecule has 0 saturated carbocycles. The summed E-state index contributed by atoms with van der Waals surface area (Å²) in [5, 5.41) is 0. The molecule has 0 heterocycles. The number of alkyl halides is 5. The Balaban J connectivity index is 3.71. The van der Waals surface area contributed by atoms with Crippen LogP contribution in [0.1, 0.15) is 84.0 Å². The van der Waals surface area contributed by atoms with Crippen molar-refractivity contribution < 1.29 is 36.3 Å². The van der Waals surface area contributed by atoms with E-state index in [-0.39, 0.29) is 11.5 Å². The first-order chi connectivity index (χ1) is 13.5. The molecule has 0 N–H and O–H groups in total. The zero-order valence-corrected chi connectivity index (χ0v) is 17.5. The molecule has 0 aromatic rings. The number of halogens is 5. The number of likely N-dealkylation sites (N-methyl/N-ethyl adjacent to an activating group) is 1. The lowest BCUT2D eigenvalue weighted by molar-refractivity contribution is -0.274. The summed E-state index contributed by atoms with van der Waals surface area (Å²) in [7, 11) is 0.701. The Hall–Kier alpha value is -1.41. The highest BCUT2D eigenvalue weighted by molar-refractivity contribution is 5.87. The molecule has 0 aromatic heterocycles. The van der Waals surface area contributed by atoms with Crippen molar-refractivity contribution in [2.24, 2.45) is 0 Å². The molecule has 0 radical (unpaired) electrons. The molecule has 9 heteroatoms. The van der Waals surface area contributed by atoms with Crippen molar-refractivity contribution in [3.8, 4) is 0 Å². The van der Waals surface area contributed by atoms with Gasteiger partial charge in [-0.2, -0.15) is 22.0 Å². The summed E-state index contributed by atoms with van der Waals surface area (Å²) in [6.07, 6.45) is 7.56. The summed E-state index contributed by atoms with van der Waals surface area (Å²) >= 11 is 0. The summed E-state index contributed by atoms with van der Waals surface area (Å²) in [5.41, 5.74) is 0. The number of rotatable bonds is 16. The van der Waals surface area contributed by atoms with Crippen LogP contribution in [0.25, 0.3) is 0 Å². The first-order valence-electron chi connectivity index (χ1n) is 10.4. The van der Waals surface area contributed by atoms with Crippen LogP contribution < -0.4 is 0 Å². The standard InChI is InChI=1S/C20H34F5NO3/c1-3-4-5-6-7-8-9-10-11-12-13-14-15-29-17(27)16-26(2)18(28)19(21,22)20(23,24)25/h3-16H2,1-2H3. The van der Waals surface area contributed by atoms with E-state index in [4.69, 9.17) is 4.74 Å². The lowest BCUT2D eigenvalue weighted by Crippen LogP contribution is -2.52. The molecule has 0 bridgehead atoms. The first-order valence-corrected chi connectivity index (χ1v) is 10.4. The molecule has 0 aliphatic carbocycles. The van der Waals surface area contributed by atoms with Crippen LogP contribution in [0.4, 0.5) is 22.0 Å². The third kappa shape index (κ3) is 12.0. The van der Waals surface area contributed by atoms with Gasteiger partial charge in [0.05, 0.1) is 6.61 Å². The van der Waals surface area contributed by atoms with E-state index < -0.39 is 30.5 Å². The quantitative estimate of drug-likeness (QED) is 0.174. The first kappa shape index (κ1) is 27.6. The highest BCUT2D eigenvalue weighted by atomic mass is 19.4. The van der Waals surface area contributed by atoms with Crippen LogP contribution in [0.2, 0.25) is 0 Å². The van der Waals surface area contributed by atoms with Crippen molar-refractivity contribution in [3.63, 3.8) is 0 Å². The fourth-order valence-corrected chi connectivity index (χ4v) is 2.80. The van der Waals surface area contributed by atoms with Gasteiger partial charge in [0.25, 0.3) is 0 Å². The minimum Gasteiger partial charge on any atom is -0.464 e. The minimum absolute atomic E-state index is 0.0259. The van der Waals surface area contributed by atoms with Gasteiger partial charge in [0.15, 0.2) is 0 Å². The number of unbranched alkanes of at least 4 members (excludes halogenated alkanes) is 11. The topological polar surface area (TPSA) is 46.6 Å². The molecule has 0 spiro atoms. The van der Waals surface area contributed by atoms with Gasteiger partial charge in [0.1, 0.15) is 6.54 Å². The number of hydrogen-bond acceptors (Lipinski definition) is 3. The van der Waals surface area contributed by atoms with Gasteiger partial charge in [-0.05, 0) is 6.42 Å². The Morgan fingerprint density at radius 1 is 0.759 bits per heavy atom. The Kier molecular flexibility index (Phi) is 13.8. The van der Waals surface area contributed by atoms with Crippen LogP contribution in [0.5, 0.6) is 0 Å². The maximum absolute atomic E-state index is 12.9. The van der Waals surface area contributed by atoms with Gasteiger partial charge in [-0.15, -0.1) is 0 Å². The molecule has 0 unspecified atom stereocenters. The third-order valence-electron chi connectivity index (χ3n) is 4.60. The number of esters is 1. The Morgan fingerprint density at radius 2 is 1.17 bits per heavy atom. The Labute approximate surface area is 170 Å². The van der Waals surface area contributed by atoms with Gasteiger partial charge in [-0.3, -0.25) is 9.59 Å². The van der Waals surface area contributed by atoms with Gasteiger partial charge in [-0.1, -0.05) is 77.6 Å². The molecule has 1 amide bonds. The second-order valence-corrected chi connectivity index (χ2v) is 7.34. The highest BCUT2D eigenvalue weighted by Gasteiger charge is 2.64. The number of ether oxygens (including phenoxy) is 1. The van der Waals surface area contributed by atoms with Crippen LogP contribution in [0.3, 0.4) is 0 Å². The number of carbonyl (C=O) groups is 2. The summed E-state index contributed by atoms with van der Waals surface area (Å²) < 4.78 is 67.1. The zero-order valence-electron chi connectivity index (χ0n) is 17.5. The van der Waals surface area contributed by atoms with Crippen LogP contribution in [-0.4, -0.2) is 49.1 Å². The number of carbonyl (C=O) groups excluding carboxylic acids is 2. The molecule has 0 aliphatic rings. The van der Waals surface area contributed by atoms with E-state index >= 15 is 0 Å². The average molecular weight is 431 g/mol. The molecule has 0 fully saturated rings. The van der Waals surface area contributed by atoms with Gasteiger partial charge < -0.3 is 9.64 Å². The van der Waals surface area contributed by atoms with Crippen molar-refractivity contribution >= 4 is 11.9 Å². The van der Waals surface area contributed by atoms with Gasteiger partial charge in [-0.25, -0.2) is 0 Å². The number of amides is 1. The lowest BCUT2D eigenvalue weighted by Gasteiger charge is -2.24. The van der Waals surface area contributed by atoms with Crippen molar-refractivity contribution in [1.29, 1.82) is 0 Å². The number of nitrogens with zero attached hydrogens (tertiary/aromatic N) is 1. The molecule has 0 aliphatic heterocycles. The van der Waals surface area contributed by atoms with Gasteiger partial charge in [0, 0.05) is 7.05 Å². The summed E-state index contributed by atoms with van der Waals surface area (Å²) in [4.78, 5) is 22.7. The molecule has 29 heavy (non-hydrogen) atoms. The molecule has 4 nitrogen and oxygen atoms in total. The van der Waals surface area contributed by atoms with E-state index in [1.54, 1.807) is 0 Å². The predicted molar refractivity (Wildman–Crippen MR) is 101 cm³/mol. The van der Waals surface area contributed by atoms with Crippen LogP contribution in [-0.2, 0) is 14.3 Å². The smallest absolute Gasteiger partial charge is 0.463 e. The second kappa shape index (κ2) is 14.6. The lowest BCUT2D eigenvalue weighted by atomic mass is 10.1. The largest absolute Gasteiger partial charge is 0.464 e. The SMILES string of the molecule is CCCCCCCCCCCCCCOC(=O)CN(C)C(=O)C(F)(F)C(F)(F)F. The molecule has 0 rings (SSSR count). The zero-order chi connectivity index (χ0) is 22.3. The summed E-state index contributed by atoms with van der Waals surface area (Å²) in [5.74, 6) is -9.02. The van der Waals surface area contributed by atoms with Gasteiger partial charge in [0.2, 0.25) is 0 Å². The second-order valence-electron chi connectivity index (χ2n) is 7.34. The molecule has 0 aromatic carbocycles. The van der Waals surface area contributed by atoms with E-state index in [0.717, 1.165) is 25.7 Å². The normalized spacial score (nSPS) is 12.1. The van der Waals surface area contributed by atoms with E-state index in [2.05, 4.69) is 6.92 Å². The Bertz CT molecular complexity index is 470. The molecular formula is C20H34F5NO3. The monoisotopic (exact) mass is 431 g/mol. The molecule has 172 valence electrons. The van der Waals surface area contributed by atoms with Gasteiger partial charge >= 0.3 is 24.0 Å². The van der Waals surface area contributed by atoms with Crippen molar-refractivity contribution in [3.05, 3.63) is 0 Å².